The number of nitrogens with zero attached hydrogens (tertiary/aromatic N) is 1. The van der Waals surface area contributed by atoms with Gasteiger partial charge in [0.05, 0.1) is 0 Å². The van der Waals surface area contributed by atoms with E-state index >= 15 is 0 Å². The van der Waals surface area contributed by atoms with Crippen molar-refractivity contribution in [2.75, 3.05) is 10.2 Å². The van der Waals surface area contributed by atoms with Crippen LogP contribution in [0.1, 0.15) is 79.2 Å². The Labute approximate surface area is 284 Å². The molecular weight excluding hydrogens is 581 g/mol. The Bertz CT molecular complexity index is 2210. The van der Waals surface area contributed by atoms with Crippen LogP contribution in [-0.2, 0) is 12.8 Å². The summed E-state index contributed by atoms with van der Waals surface area (Å²) in [5.41, 5.74) is 11.4. The van der Waals surface area contributed by atoms with Gasteiger partial charge in [-0.2, -0.15) is 0 Å². The molecule has 2 nitrogen and oxygen atoms in total. The molecule has 3 aliphatic rings. The lowest BCUT2D eigenvalue weighted by molar-refractivity contribution is 0.621. The largest absolute Gasteiger partial charge is 0.382 e. The van der Waals surface area contributed by atoms with E-state index in [4.69, 9.17) is 0 Å². The Morgan fingerprint density at radius 2 is 1.52 bits per heavy atom. The third-order valence-electron chi connectivity index (χ3n) is 11.4. The molecule has 6 aromatic rings. The number of benzene rings is 6. The summed E-state index contributed by atoms with van der Waals surface area (Å²) in [5.74, 6) is 0.835. The highest BCUT2D eigenvalue weighted by Gasteiger charge is 2.34. The second-order valence-electron chi connectivity index (χ2n) is 14.5. The Morgan fingerprint density at radius 1 is 0.750 bits per heavy atom. The van der Waals surface area contributed by atoms with Crippen molar-refractivity contribution in [3.63, 3.8) is 0 Å². The quantitative estimate of drug-likeness (QED) is 0.178. The molecule has 0 spiro atoms. The van der Waals surface area contributed by atoms with Gasteiger partial charge in [0.25, 0.3) is 0 Å². The average Bonchev–Trinajstić information content (AvgIpc) is 3.47. The first-order valence-corrected chi connectivity index (χ1v) is 18.1. The summed E-state index contributed by atoms with van der Waals surface area (Å²) in [6, 6.07) is 44.4. The van der Waals surface area contributed by atoms with Gasteiger partial charge in [0.1, 0.15) is 0 Å². The summed E-state index contributed by atoms with van der Waals surface area (Å²) in [6.07, 6.45) is 11.3. The van der Waals surface area contributed by atoms with Gasteiger partial charge >= 0.3 is 0 Å². The SMILES string of the molecule is CC(Cc1ccccc1)Nc1cc(C2CC=CCC2)c2ccc3c4c(ccc1c24)C(c1ccccc1)CC=3N1c2ccccc2CC1C. The third-order valence-corrected chi connectivity index (χ3v) is 11.4. The number of hydrogen-bond donors (Lipinski definition) is 1. The molecule has 238 valence electrons. The Balaban J connectivity index is 1.31. The highest BCUT2D eigenvalue weighted by molar-refractivity contribution is 6.18. The van der Waals surface area contributed by atoms with Crippen LogP contribution in [0.15, 0.2) is 127 Å². The molecule has 1 aliphatic heterocycles. The van der Waals surface area contributed by atoms with E-state index in [9.17, 15) is 0 Å². The molecule has 2 heteroatoms. The lowest BCUT2D eigenvalue weighted by Crippen LogP contribution is -2.35. The van der Waals surface area contributed by atoms with Gasteiger partial charge in [0, 0.05) is 45.7 Å². The lowest BCUT2D eigenvalue weighted by Gasteiger charge is -2.35. The molecule has 0 bridgehead atoms. The monoisotopic (exact) mass is 624 g/mol. The van der Waals surface area contributed by atoms with E-state index in [0.29, 0.717) is 23.9 Å². The predicted octanol–water partition coefficient (Wildman–Crippen LogP) is 10.7. The van der Waals surface area contributed by atoms with E-state index in [1.54, 1.807) is 0 Å². The van der Waals surface area contributed by atoms with Crippen molar-refractivity contribution >= 4 is 38.6 Å². The van der Waals surface area contributed by atoms with Gasteiger partial charge in [-0.1, -0.05) is 115 Å². The van der Waals surface area contributed by atoms with Crippen molar-refractivity contribution in [1.29, 1.82) is 0 Å². The zero-order valence-electron chi connectivity index (χ0n) is 28.1. The van der Waals surface area contributed by atoms with Crippen molar-refractivity contribution in [2.24, 2.45) is 0 Å². The summed E-state index contributed by atoms with van der Waals surface area (Å²) < 4.78 is 0. The fourth-order valence-corrected chi connectivity index (χ4v) is 9.25. The fourth-order valence-electron chi connectivity index (χ4n) is 9.25. The normalized spacial score (nSPS) is 20.8. The molecule has 0 radical (unpaired) electrons. The first-order valence-electron chi connectivity index (χ1n) is 18.1. The van der Waals surface area contributed by atoms with Crippen LogP contribution < -0.4 is 15.4 Å². The molecule has 0 saturated heterocycles. The van der Waals surface area contributed by atoms with Crippen LogP contribution in [0, 0.1) is 0 Å². The van der Waals surface area contributed by atoms with Gasteiger partial charge in [0.2, 0.25) is 0 Å². The van der Waals surface area contributed by atoms with Crippen molar-refractivity contribution < 1.29 is 0 Å². The number of nitrogens with one attached hydrogen (secondary N) is 1. The Kier molecular flexibility index (Phi) is 7.34. The van der Waals surface area contributed by atoms with E-state index in [2.05, 4.69) is 151 Å². The highest BCUT2D eigenvalue weighted by Crippen LogP contribution is 2.47. The average molecular weight is 625 g/mol. The van der Waals surface area contributed by atoms with E-state index in [-0.39, 0.29) is 0 Å². The highest BCUT2D eigenvalue weighted by atomic mass is 15.2. The number of para-hydroxylation sites is 1. The molecule has 0 saturated carbocycles. The van der Waals surface area contributed by atoms with Crippen LogP contribution >= 0.6 is 0 Å². The maximum Gasteiger partial charge on any atom is 0.0444 e. The Hall–Kier alpha value is -4.82. The van der Waals surface area contributed by atoms with Crippen LogP contribution in [-0.4, -0.2) is 12.1 Å². The molecule has 4 atom stereocenters. The van der Waals surface area contributed by atoms with Crippen LogP contribution in [0.3, 0.4) is 0 Å². The maximum atomic E-state index is 4.05. The van der Waals surface area contributed by atoms with Gasteiger partial charge in [-0.15, -0.1) is 0 Å². The number of anilines is 2. The van der Waals surface area contributed by atoms with Crippen molar-refractivity contribution in [3.8, 4) is 0 Å². The van der Waals surface area contributed by atoms with Gasteiger partial charge in [-0.25, -0.2) is 0 Å². The predicted molar refractivity (Wildman–Crippen MR) is 204 cm³/mol. The van der Waals surface area contributed by atoms with E-state index < -0.39 is 0 Å². The fraction of sp³-hybridized carbons (Fsp3) is 0.261. The molecule has 1 heterocycles. The maximum absolute atomic E-state index is 4.05. The molecule has 9 rings (SSSR count). The Morgan fingerprint density at radius 3 is 2.33 bits per heavy atom. The van der Waals surface area contributed by atoms with Crippen molar-refractivity contribution in [3.05, 3.63) is 160 Å². The van der Waals surface area contributed by atoms with E-state index in [1.807, 2.05) is 0 Å². The minimum absolute atomic E-state index is 0.304. The molecule has 0 amide bonds. The van der Waals surface area contributed by atoms with Gasteiger partial charge in [0.15, 0.2) is 0 Å². The summed E-state index contributed by atoms with van der Waals surface area (Å²) >= 11 is 0. The first kappa shape index (κ1) is 29.3. The van der Waals surface area contributed by atoms with E-state index in [1.165, 1.54) is 78.1 Å². The summed E-state index contributed by atoms with van der Waals surface area (Å²) in [6.45, 7) is 4.74. The van der Waals surface area contributed by atoms with Crippen LogP contribution in [0.2, 0.25) is 0 Å². The van der Waals surface area contributed by atoms with Crippen molar-refractivity contribution in [2.45, 2.75) is 76.3 Å². The van der Waals surface area contributed by atoms with Crippen LogP contribution in [0.5, 0.6) is 0 Å². The van der Waals surface area contributed by atoms with Gasteiger partial charge < -0.3 is 10.2 Å². The molecule has 1 N–H and O–H groups in total. The summed E-state index contributed by atoms with van der Waals surface area (Å²) in [5, 5.41) is 11.2. The zero-order chi connectivity index (χ0) is 32.2. The topological polar surface area (TPSA) is 15.3 Å². The molecule has 4 unspecified atom stereocenters. The van der Waals surface area contributed by atoms with Crippen molar-refractivity contribution in [1.82, 2.24) is 0 Å². The van der Waals surface area contributed by atoms with Gasteiger partial charge in [-0.3, -0.25) is 0 Å². The first-order chi connectivity index (χ1) is 23.6. The molecule has 48 heavy (non-hydrogen) atoms. The second kappa shape index (κ2) is 12.0. The van der Waals surface area contributed by atoms with Crippen LogP contribution in [0.4, 0.5) is 11.4 Å². The molecule has 6 aromatic carbocycles. The molecule has 0 aromatic heterocycles. The smallest absolute Gasteiger partial charge is 0.0444 e. The standard InChI is InChI=1S/C46H44N2/c1-30(26-32-14-6-3-7-15-32)47-42-28-40(33-16-8-4-9-17-33)36-23-25-39-44(48-31(2)27-35-20-12-13-21-43(35)48)29-41(34-18-10-5-11-19-34)37-22-24-38(42)45(36)46(37)39/h3-8,10-15,18-25,28,30-31,33,41,47H,9,16-17,26-27,29H2,1-2H3. The molecule has 2 aliphatic carbocycles. The molecule has 0 fully saturated rings. The number of hydrogen-bond acceptors (Lipinski definition) is 2. The number of allylic oxidation sites excluding steroid dienone is 2. The lowest BCUT2D eigenvalue weighted by atomic mass is 9.76. The summed E-state index contributed by atoms with van der Waals surface area (Å²) in [7, 11) is 0. The second-order valence-corrected chi connectivity index (χ2v) is 14.5. The third kappa shape index (κ3) is 4.93. The number of fused-ring (bicyclic) bond motifs is 1. The minimum atomic E-state index is 0.304. The zero-order valence-corrected chi connectivity index (χ0v) is 28.1. The number of rotatable bonds is 7. The minimum Gasteiger partial charge on any atom is -0.382 e. The van der Waals surface area contributed by atoms with E-state index in [0.717, 1.165) is 32.1 Å². The van der Waals surface area contributed by atoms with Crippen LogP contribution in [0.25, 0.3) is 27.2 Å². The molecular formula is C46H44N2. The van der Waals surface area contributed by atoms with Gasteiger partial charge in [-0.05, 0) is 114 Å². The summed E-state index contributed by atoms with van der Waals surface area (Å²) in [4.78, 5) is 2.69.